The maximum Gasteiger partial charge on any atom is 0.352 e. The van der Waals surface area contributed by atoms with Crippen LogP contribution in [0.15, 0.2) is 33.9 Å². The second-order valence-electron chi connectivity index (χ2n) is 5.82. The fourth-order valence-electron chi connectivity index (χ4n) is 2.81. The van der Waals surface area contributed by atoms with Crippen LogP contribution < -0.4 is 5.32 Å². The Labute approximate surface area is 166 Å². The Bertz CT molecular complexity index is 894. The van der Waals surface area contributed by atoms with Gasteiger partial charge >= 0.3 is 11.9 Å². The summed E-state index contributed by atoms with van der Waals surface area (Å²) >= 11 is 2.44. The monoisotopic (exact) mass is 425 g/mol. The van der Waals surface area contributed by atoms with E-state index in [4.69, 9.17) is 9.94 Å². The minimum atomic E-state index is -1.32. The molecule has 3 rings (SSSR count). The van der Waals surface area contributed by atoms with Gasteiger partial charge in [-0.25, -0.2) is 4.79 Å². The molecular formula is C16H15N3O7S2. The average molecular weight is 425 g/mol. The summed E-state index contributed by atoms with van der Waals surface area (Å²) in [6, 6.07) is 2.31. The van der Waals surface area contributed by atoms with Gasteiger partial charge in [0.1, 0.15) is 23.7 Å². The van der Waals surface area contributed by atoms with E-state index in [2.05, 4.69) is 10.5 Å². The molecule has 0 spiro atoms. The molecule has 0 unspecified atom stereocenters. The van der Waals surface area contributed by atoms with Gasteiger partial charge in [-0.15, -0.1) is 23.1 Å². The molecule has 0 aliphatic carbocycles. The van der Waals surface area contributed by atoms with Crippen molar-refractivity contribution in [2.24, 2.45) is 5.16 Å². The van der Waals surface area contributed by atoms with E-state index in [1.165, 1.54) is 30.0 Å². The Kier molecular flexibility index (Phi) is 5.70. The molecule has 1 aromatic heterocycles. The first-order chi connectivity index (χ1) is 13.3. The fraction of sp³-hybridized carbons (Fsp3) is 0.312. The van der Waals surface area contributed by atoms with Crippen LogP contribution in [-0.4, -0.2) is 68.5 Å². The number of thioether (sulfide) groups is 1. The van der Waals surface area contributed by atoms with Crippen LogP contribution in [0, 0.1) is 0 Å². The number of hydrogen-bond donors (Lipinski definition) is 3. The smallest absolute Gasteiger partial charge is 0.352 e. The molecular weight excluding hydrogens is 410 g/mol. The summed E-state index contributed by atoms with van der Waals surface area (Å²) in [5.74, 6) is -3.00. The number of carbonyl (C=O) groups excluding carboxylic acids is 3. The number of amides is 2. The number of nitrogens with zero attached hydrogens (tertiary/aromatic N) is 2. The number of carboxylic acids is 1. The largest absolute Gasteiger partial charge is 0.477 e. The van der Waals surface area contributed by atoms with E-state index in [1.807, 2.05) is 0 Å². The van der Waals surface area contributed by atoms with Crippen molar-refractivity contribution in [3.63, 3.8) is 0 Å². The Morgan fingerprint density at radius 1 is 1.43 bits per heavy atom. The van der Waals surface area contributed by atoms with Crippen LogP contribution in [0.4, 0.5) is 0 Å². The number of oxime groups is 1. The maximum atomic E-state index is 12.5. The second-order valence-corrected chi connectivity index (χ2v) is 7.88. The highest BCUT2D eigenvalue weighted by molar-refractivity contribution is 8.00. The van der Waals surface area contributed by atoms with Gasteiger partial charge < -0.3 is 20.4 Å². The van der Waals surface area contributed by atoms with E-state index >= 15 is 0 Å². The molecule has 0 bridgehead atoms. The van der Waals surface area contributed by atoms with Crippen LogP contribution in [0.5, 0.6) is 0 Å². The number of thiophene rings is 1. The first-order valence-corrected chi connectivity index (χ1v) is 9.88. The van der Waals surface area contributed by atoms with Gasteiger partial charge in [0.2, 0.25) is 0 Å². The zero-order chi connectivity index (χ0) is 20.4. The normalized spacial score (nSPS) is 21.7. The number of aliphatic carboxylic acids is 1. The van der Waals surface area contributed by atoms with E-state index in [9.17, 15) is 24.3 Å². The van der Waals surface area contributed by atoms with Gasteiger partial charge in [0.05, 0.1) is 4.88 Å². The summed E-state index contributed by atoms with van der Waals surface area (Å²) in [7, 11) is 0. The molecule has 2 aliphatic rings. The zero-order valence-corrected chi connectivity index (χ0v) is 16.1. The molecule has 3 heterocycles. The lowest BCUT2D eigenvalue weighted by molar-refractivity contribution is -0.150. The second kappa shape index (κ2) is 8.02. The van der Waals surface area contributed by atoms with Gasteiger partial charge in [0.15, 0.2) is 5.71 Å². The lowest BCUT2D eigenvalue weighted by atomic mass is 10.0. The highest BCUT2D eigenvalue weighted by atomic mass is 32.2. The van der Waals surface area contributed by atoms with Crippen LogP contribution in [-0.2, 0) is 23.9 Å². The van der Waals surface area contributed by atoms with Crippen molar-refractivity contribution in [3.8, 4) is 0 Å². The quantitative estimate of drug-likeness (QED) is 0.193. The van der Waals surface area contributed by atoms with Gasteiger partial charge in [-0.05, 0) is 11.4 Å². The molecule has 1 aromatic rings. The van der Waals surface area contributed by atoms with E-state index in [1.54, 1.807) is 17.5 Å². The molecule has 12 heteroatoms. The SMILES string of the molecule is CC(=O)OCC1=C(C(=O)O)N2C(=O)[C@@H](NC(=O)C(=NO)c3cccs3)[C@@H]2SC1. The van der Waals surface area contributed by atoms with E-state index in [0.717, 1.165) is 4.90 Å². The van der Waals surface area contributed by atoms with Gasteiger partial charge in [0.25, 0.3) is 11.8 Å². The molecule has 0 aromatic carbocycles. The molecule has 0 radical (unpaired) electrons. The fourth-order valence-corrected chi connectivity index (χ4v) is 4.85. The summed E-state index contributed by atoms with van der Waals surface area (Å²) in [6.45, 7) is 0.977. The zero-order valence-electron chi connectivity index (χ0n) is 14.4. The molecule has 2 amide bonds. The first kappa shape index (κ1) is 19.9. The van der Waals surface area contributed by atoms with E-state index in [-0.39, 0.29) is 23.8 Å². The van der Waals surface area contributed by atoms with Gasteiger partial charge in [-0.3, -0.25) is 19.3 Å². The van der Waals surface area contributed by atoms with Gasteiger partial charge in [0, 0.05) is 18.2 Å². The number of ether oxygens (including phenoxy) is 1. The van der Waals surface area contributed by atoms with Crippen LogP contribution >= 0.6 is 23.1 Å². The summed E-state index contributed by atoms with van der Waals surface area (Å²) < 4.78 is 4.86. The van der Waals surface area contributed by atoms with Crippen molar-refractivity contribution in [2.45, 2.75) is 18.3 Å². The van der Waals surface area contributed by atoms with Crippen LogP contribution in [0.3, 0.4) is 0 Å². The number of hydrogen-bond acceptors (Lipinski definition) is 9. The Morgan fingerprint density at radius 3 is 2.75 bits per heavy atom. The predicted molar refractivity (Wildman–Crippen MR) is 99.0 cm³/mol. The number of β-lactam (4-membered cyclic amide) rings is 1. The first-order valence-electron chi connectivity index (χ1n) is 7.95. The summed E-state index contributed by atoms with van der Waals surface area (Å²) in [5.41, 5.74) is -0.167. The lowest BCUT2D eigenvalue weighted by Crippen LogP contribution is -2.71. The molecule has 1 saturated heterocycles. The summed E-state index contributed by atoms with van der Waals surface area (Å²) in [6.07, 6.45) is 0. The van der Waals surface area contributed by atoms with Crippen molar-refractivity contribution in [3.05, 3.63) is 33.7 Å². The average Bonchev–Trinajstić information content (AvgIpc) is 3.18. The molecule has 28 heavy (non-hydrogen) atoms. The topological polar surface area (TPSA) is 146 Å². The Balaban J connectivity index is 1.76. The number of fused-ring (bicyclic) bond motifs is 1. The number of nitrogens with one attached hydrogen (secondary N) is 1. The van der Waals surface area contributed by atoms with Gasteiger partial charge in [-0.2, -0.15) is 0 Å². The van der Waals surface area contributed by atoms with Crippen molar-refractivity contribution in [2.75, 3.05) is 12.4 Å². The third kappa shape index (κ3) is 3.60. The van der Waals surface area contributed by atoms with Crippen molar-refractivity contribution >= 4 is 52.6 Å². The predicted octanol–water partition coefficient (Wildman–Crippen LogP) is 0.228. The van der Waals surface area contributed by atoms with Crippen LogP contribution in [0.25, 0.3) is 0 Å². The minimum Gasteiger partial charge on any atom is -0.477 e. The highest BCUT2D eigenvalue weighted by Gasteiger charge is 2.54. The van der Waals surface area contributed by atoms with Crippen molar-refractivity contribution in [1.82, 2.24) is 10.2 Å². The Morgan fingerprint density at radius 2 is 2.18 bits per heavy atom. The molecule has 10 nitrogen and oxygen atoms in total. The third-order valence-electron chi connectivity index (χ3n) is 4.06. The van der Waals surface area contributed by atoms with Crippen molar-refractivity contribution < 1.29 is 34.2 Å². The Hall–Kier alpha value is -2.86. The molecule has 3 N–H and O–H groups in total. The molecule has 1 fully saturated rings. The van der Waals surface area contributed by atoms with Gasteiger partial charge in [-0.1, -0.05) is 11.2 Å². The molecule has 0 saturated carbocycles. The summed E-state index contributed by atoms with van der Waals surface area (Å²) in [4.78, 5) is 49.0. The van der Waals surface area contributed by atoms with Crippen molar-refractivity contribution in [1.29, 1.82) is 0 Å². The van der Waals surface area contributed by atoms with E-state index < -0.39 is 35.2 Å². The molecule has 148 valence electrons. The lowest BCUT2D eigenvalue weighted by Gasteiger charge is -2.49. The maximum absolute atomic E-state index is 12.5. The number of rotatable bonds is 6. The minimum absolute atomic E-state index is 0.224. The molecule has 2 aliphatic heterocycles. The van der Waals surface area contributed by atoms with Crippen LogP contribution in [0.1, 0.15) is 11.8 Å². The number of carboxylic acid groups (broad SMARTS) is 1. The highest BCUT2D eigenvalue weighted by Crippen LogP contribution is 2.40. The standard InChI is InChI=1S/C16H15N3O7S2/c1-7(20)26-5-8-6-28-15-11(14(22)19(15)12(8)16(23)24)17-13(21)10(18-25)9-3-2-4-27-9/h2-4,11,15,25H,5-6H2,1H3,(H,17,21)(H,23,24)/t11-,15+/m1/s1. The van der Waals surface area contributed by atoms with Crippen LogP contribution in [0.2, 0.25) is 0 Å². The number of esters is 1. The third-order valence-corrected chi connectivity index (χ3v) is 6.27. The summed E-state index contributed by atoms with van der Waals surface area (Å²) in [5, 5.41) is 25.2. The molecule has 2 atom stereocenters. The number of carbonyl (C=O) groups is 4. The van der Waals surface area contributed by atoms with E-state index in [0.29, 0.717) is 10.5 Å².